The molecule has 2 aliphatic heterocycles. The Hall–Kier alpha value is -3.77. The third-order valence-electron chi connectivity index (χ3n) is 6.29. The van der Waals surface area contributed by atoms with Crippen LogP contribution in [0.15, 0.2) is 48.5 Å². The van der Waals surface area contributed by atoms with Crippen LogP contribution in [-0.2, 0) is 28.5 Å². The van der Waals surface area contributed by atoms with Gasteiger partial charge in [0, 0.05) is 19.3 Å². The van der Waals surface area contributed by atoms with Gasteiger partial charge in [0.1, 0.15) is 6.54 Å². The number of alkyl halides is 6. The Balaban J connectivity index is 1.64. The number of anilines is 1. The van der Waals surface area contributed by atoms with E-state index in [9.17, 15) is 40.7 Å². The van der Waals surface area contributed by atoms with Gasteiger partial charge >= 0.3 is 18.4 Å². The first kappa shape index (κ1) is 25.3. The third-order valence-corrected chi connectivity index (χ3v) is 6.29. The lowest BCUT2D eigenvalue weighted by atomic mass is 9.83. The highest BCUT2D eigenvalue weighted by Gasteiger charge is 2.60. The van der Waals surface area contributed by atoms with Crippen molar-refractivity contribution in [2.24, 2.45) is 0 Å². The fourth-order valence-electron chi connectivity index (χ4n) is 4.35. The number of rotatable bonds is 3. The number of carbonyl (C=O) groups is 3. The van der Waals surface area contributed by atoms with Crippen molar-refractivity contribution in [2.45, 2.75) is 24.4 Å². The maximum absolute atomic E-state index is 13.6. The number of benzene rings is 2. The molecule has 7 nitrogen and oxygen atoms in total. The minimum absolute atomic E-state index is 0.0771. The zero-order valence-electron chi connectivity index (χ0n) is 18.8. The minimum atomic E-state index is -4.58. The van der Waals surface area contributed by atoms with Crippen molar-refractivity contribution >= 4 is 23.5 Å². The second-order valence-corrected chi connectivity index (χ2v) is 8.55. The third kappa shape index (κ3) is 4.44. The summed E-state index contributed by atoms with van der Waals surface area (Å²) in [5.41, 5.74) is -2.90. The number of piperazine rings is 1. The Morgan fingerprint density at radius 3 is 1.86 bits per heavy atom. The van der Waals surface area contributed by atoms with E-state index >= 15 is 0 Å². The molecule has 0 bridgehead atoms. The molecule has 4 amide bonds. The van der Waals surface area contributed by atoms with E-state index in [0.29, 0.717) is 5.56 Å². The van der Waals surface area contributed by atoms with E-state index in [0.717, 1.165) is 41.3 Å². The summed E-state index contributed by atoms with van der Waals surface area (Å²) in [6.07, 6.45) is -9.12. The van der Waals surface area contributed by atoms with Crippen LogP contribution in [0.4, 0.5) is 36.8 Å². The number of nitrogens with zero attached hydrogens (tertiary/aromatic N) is 3. The van der Waals surface area contributed by atoms with Gasteiger partial charge in [-0.3, -0.25) is 9.59 Å². The maximum atomic E-state index is 13.6. The van der Waals surface area contributed by atoms with E-state index in [1.54, 1.807) is 0 Å². The Kier molecular flexibility index (Phi) is 6.13. The number of likely N-dealkylation sites (tertiary alicyclic amines) is 1. The van der Waals surface area contributed by atoms with Crippen LogP contribution < -0.4 is 10.2 Å². The molecule has 2 aliphatic rings. The molecule has 4 rings (SSSR count). The van der Waals surface area contributed by atoms with Crippen LogP contribution in [0.2, 0.25) is 0 Å². The van der Waals surface area contributed by atoms with Crippen LogP contribution in [0, 0.1) is 0 Å². The highest BCUT2D eigenvalue weighted by Crippen LogP contribution is 2.38. The van der Waals surface area contributed by atoms with Crippen LogP contribution in [0.1, 0.15) is 16.7 Å². The van der Waals surface area contributed by atoms with E-state index in [4.69, 9.17) is 0 Å². The molecule has 0 aliphatic carbocycles. The van der Waals surface area contributed by atoms with Gasteiger partial charge in [0.05, 0.1) is 24.2 Å². The second kappa shape index (κ2) is 8.71. The molecule has 13 heteroatoms. The molecule has 2 heterocycles. The van der Waals surface area contributed by atoms with Gasteiger partial charge in [-0.15, -0.1) is 0 Å². The van der Waals surface area contributed by atoms with Gasteiger partial charge < -0.3 is 20.0 Å². The molecule has 2 aromatic rings. The fourth-order valence-corrected chi connectivity index (χ4v) is 4.35. The standard InChI is InChI=1S/C23H20F6N4O3/c1-30-20(36)31-12-21(13-31)19(35)32(17-8-6-16(7-9-17)23(27,28)29)11-18(34)33(21)10-14-2-4-15(5-3-14)22(24,25)26/h2-9H,10-13H2,1H3,(H,30,36). The number of hydrogen-bond acceptors (Lipinski definition) is 3. The van der Waals surface area contributed by atoms with Gasteiger partial charge in [-0.05, 0) is 42.0 Å². The summed E-state index contributed by atoms with van der Waals surface area (Å²) in [5.74, 6) is -1.17. The molecule has 0 saturated carbocycles. The monoisotopic (exact) mass is 514 g/mol. The molecule has 1 N–H and O–H groups in total. The summed E-state index contributed by atoms with van der Waals surface area (Å²) >= 11 is 0. The van der Waals surface area contributed by atoms with E-state index in [2.05, 4.69) is 5.32 Å². The Labute approximate surface area is 201 Å². The number of halogens is 6. The van der Waals surface area contributed by atoms with Crippen molar-refractivity contribution in [3.05, 3.63) is 65.2 Å². The molecular formula is C23H20F6N4O3. The lowest BCUT2D eigenvalue weighted by Crippen LogP contribution is -2.81. The number of hydrogen-bond donors (Lipinski definition) is 1. The second-order valence-electron chi connectivity index (χ2n) is 8.55. The van der Waals surface area contributed by atoms with Gasteiger partial charge in [0.15, 0.2) is 5.54 Å². The molecule has 192 valence electrons. The van der Waals surface area contributed by atoms with Crippen LogP contribution in [0.5, 0.6) is 0 Å². The molecule has 2 fully saturated rings. The largest absolute Gasteiger partial charge is 0.416 e. The topological polar surface area (TPSA) is 73.0 Å². The van der Waals surface area contributed by atoms with Crippen molar-refractivity contribution in [1.82, 2.24) is 15.1 Å². The van der Waals surface area contributed by atoms with Gasteiger partial charge in [-0.2, -0.15) is 26.3 Å². The van der Waals surface area contributed by atoms with Gasteiger partial charge in [-0.25, -0.2) is 4.79 Å². The van der Waals surface area contributed by atoms with Gasteiger partial charge in [-0.1, -0.05) is 12.1 Å². The minimum Gasteiger partial charge on any atom is -0.341 e. The molecule has 2 saturated heterocycles. The molecule has 1 spiro atoms. The van der Waals surface area contributed by atoms with Crippen molar-refractivity contribution in [3.63, 3.8) is 0 Å². The van der Waals surface area contributed by atoms with Crippen molar-refractivity contribution in [1.29, 1.82) is 0 Å². The molecule has 36 heavy (non-hydrogen) atoms. The summed E-state index contributed by atoms with van der Waals surface area (Å²) in [7, 11) is 1.38. The molecule has 0 aromatic heterocycles. The lowest BCUT2D eigenvalue weighted by Gasteiger charge is -2.57. The first-order valence-corrected chi connectivity index (χ1v) is 10.7. The van der Waals surface area contributed by atoms with Crippen LogP contribution in [-0.4, -0.2) is 59.9 Å². The molecule has 2 aromatic carbocycles. The highest BCUT2D eigenvalue weighted by atomic mass is 19.4. The zero-order valence-corrected chi connectivity index (χ0v) is 18.8. The van der Waals surface area contributed by atoms with E-state index in [1.165, 1.54) is 29.0 Å². The molecular weight excluding hydrogens is 494 g/mol. The normalized spacial score (nSPS) is 17.9. The average molecular weight is 514 g/mol. The summed E-state index contributed by atoms with van der Waals surface area (Å²) in [4.78, 5) is 42.4. The smallest absolute Gasteiger partial charge is 0.341 e. The maximum Gasteiger partial charge on any atom is 0.416 e. The summed E-state index contributed by atoms with van der Waals surface area (Å²) in [6, 6.07) is 7.40. The lowest BCUT2D eigenvalue weighted by molar-refractivity contribution is -0.161. The van der Waals surface area contributed by atoms with E-state index in [-0.39, 0.29) is 25.3 Å². The molecule has 0 atom stereocenters. The van der Waals surface area contributed by atoms with Crippen LogP contribution >= 0.6 is 0 Å². The number of urea groups is 1. The zero-order chi connectivity index (χ0) is 26.5. The SMILES string of the molecule is CNC(=O)N1CC2(C1)C(=O)N(c1ccc(C(F)(F)F)cc1)CC(=O)N2Cc1ccc(C(F)(F)F)cc1. The van der Waals surface area contributed by atoms with Crippen LogP contribution in [0.3, 0.4) is 0 Å². The Bertz CT molecular complexity index is 1170. The highest BCUT2D eigenvalue weighted by molar-refractivity contribution is 6.10. The fraction of sp³-hybridized carbons (Fsp3) is 0.348. The van der Waals surface area contributed by atoms with Crippen molar-refractivity contribution < 1.29 is 40.7 Å². The van der Waals surface area contributed by atoms with E-state index in [1.807, 2.05) is 0 Å². The predicted molar refractivity (Wildman–Crippen MR) is 115 cm³/mol. The quantitative estimate of drug-likeness (QED) is 0.638. The Morgan fingerprint density at radius 2 is 1.39 bits per heavy atom. The first-order valence-electron chi connectivity index (χ1n) is 10.7. The summed E-state index contributed by atoms with van der Waals surface area (Å²) in [6.45, 7) is -1.04. The Morgan fingerprint density at radius 1 is 0.889 bits per heavy atom. The summed E-state index contributed by atoms with van der Waals surface area (Å²) in [5, 5.41) is 2.41. The molecule has 0 unspecified atom stereocenters. The van der Waals surface area contributed by atoms with Crippen molar-refractivity contribution in [2.75, 3.05) is 31.6 Å². The summed E-state index contributed by atoms with van der Waals surface area (Å²) < 4.78 is 77.5. The number of nitrogens with one attached hydrogen (secondary N) is 1. The number of amides is 4. The predicted octanol–water partition coefficient (Wildman–Crippen LogP) is 3.49. The first-order chi connectivity index (χ1) is 16.8. The van der Waals surface area contributed by atoms with Gasteiger partial charge in [0.25, 0.3) is 5.91 Å². The van der Waals surface area contributed by atoms with Crippen LogP contribution in [0.25, 0.3) is 0 Å². The van der Waals surface area contributed by atoms with Crippen molar-refractivity contribution in [3.8, 4) is 0 Å². The number of carbonyl (C=O) groups excluding carboxylic acids is 3. The van der Waals surface area contributed by atoms with E-state index < -0.39 is 53.4 Å². The van der Waals surface area contributed by atoms with Gasteiger partial charge in [0.2, 0.25) is 5.91 Å². The average Bonchev–Trinajstić information content (AvgIpc) is 2.79. The molecule has 0 radical (unpaired) electrons.